The molecule has 0 bridgehead atoms. The molecule has 0 aliphatic heterocycles. The minimum absolute atomic E-state index is 0.640. The van der Waals surface area contributed by atoms with E-state index in [9.17, 15) is 4.79 Å². The lowest BCUT2D eigenvalue weighted by molar-refractivity contribution is 0.249. The number of unbranched alkanes of at least 4 members (excludes halogenated alkanes) is 1. The van der Waals surface area contributed by atoms with Gasteiger partial charge in [0.05, 0.1) is 5.71 Å². The topological polar surface area (TPSA) is 70.7 Å². The Kier molecular flexibility index (Phi) is 5.85. The largest absolute Gasteiger partial charge is 0.378 e. The van der Waals surface area contributed by atoms with Crippen LogP contribution in [0, 0.1) is 0 Å². The van der Waals surface area contributed by atoms with Gasteiger partial charge in [0, 0.05) is 19.8 Å². The Morgan fingerprint density at radius 1 is 1.32 bits per heavy atom. The fourth-order valence-corrected chi connectivity index (χ4v) is 1.68. The minimum atomic E-state index is -0.640. The van der Waals surface area contributed by atoms with Crippen LogP contribution in [0.2, 0.25) is 0 Å². The van der Waals surface area contributed by atoms with Crippen molar-refractivity contribution in [3.63, 3.8) is 0 Å². The van der Waals surface area contributed by atoms with Gasteiger partial charge in [-0.15, -0.1) is 0 Å². The fourth-order valence-electron chi connectivity index (χ4n) is 1.68. The summed E-state index contributed by atoms with van der Waals surface area (Å²) in [6.45, 7) is 2.12. The van der Waals surface area contributed by atoms with Crippen LogP contribution in [-0.2, 0) is 0 Å². The molecule has 19 heavy (non-hydrogen) atoms. The number of amides is 2. The SMILES string of the molecule is CCCCC(=NNC(N)=O)c1ccc(N(C)C)cc1. The summed E-state index contributed by atoms with van der Waals surface area (Å²) in [7, 11) is 3.99. The van der Waals surface area contributed by atoms with Gasteiger partial charge >= 0.3 is 6.03 Å². The predicted molar refractivity (Wildman–Crippen MR) is 79.6 cm³/mol. The smallest absolute Gasteiger partial charge is 0.332 e. The number of hydrazone groups is 1. The van der Waals surface area contributed by atoms with Crippen LogP contribution in [0.5, 0.6) is 0 Å². The number of nitrogens with one attached hydrogen (secondary N) is 1. The van der Waals surface area contributed by atoms with Crippen molar-refractivity contribution in [2.45, 2.75) is 26.2 Å². The molecule has 5 heteroatoms. The average Bonchev–Trinajstić information content (AvgIpc) is 2.39. The van der Waals surface area contributed by atoms with Crippen LogP contribution in [0.4, 0.5) is 10.5 Å². The molecule has 104 valence electrons. The Bertz CT molecular complexity index is 437. The van der Waals surface area contributed by atoms with Gasteiger partial charge in [-0.25, -0.2) is 10.2 Å². The lowest BCUT2D eigenvalue weighted by atomic mass is 10.0. The van der Waals surface area contributed by atoms with Crippen LogP contribution >= 0.6 is 0 Å². The fraction of sp³-hybridized carbons (Fsp3) is 0.429. The molecule has 0 radical (unpaired) electrons. The van der Waals surface area contributed by atoms with Crippen molar-refractivity contribution in [2.75, 3.05) is 19.0 Å². The Balaban J connectivity index is 2.89. The van der Waals surface area contributed by atoms with Gasteiger partial charge < -0.3 is 10.6 Å². The van der Waals surface area contributed by atoms with E-state index >= 15 is 0 Å². The number of anilines is 1. The maximum Gasteiger partial charge on any atom is 0.332 e. The number of nitrogens with zero attached hydrogens (tertiary/aromatic N) is 2. The molecule has 0 unspecified atom stereocenters. The van der Waals surface area contributed by atoms with E-state index in [1.165, 1.54) is 0 Å². The van der Waals surface area contributed by atoms with Crippen molar-refractivity contribution in [2.24, 2.45) is 10.8 Å². The van der Waals surface area contributed by atoms with Crippen molar-refractivity contribution in [3.8, 4) is 0 Å². The van der Waals surface area contributed by atoms with Crippen LogP contribution in [0.1, 0.15) is 31.7 Å². The quantitative estimate of drug-likeness (QED) is 0.610. The molecule has 0 saturated carbocycles. The number of hydrogen-bond donors (Lipinski definition) is 2. The summed E-state index contributed by atoms with van der Waals surface area (Å²) in [6.07, 6.45) is 2.91. The molecular weight excluding hydrogens is 240 g/mol. The summed E-state index contributed by atoms with van der Waals surface area (Å²) in [4.78, 5) is 12.8. The van der Waals surface area contributed by atoms with Crippen molar-refractivity contribution in [1.29, 1.82) is 0 Å². The maximum atomic E-state index is 10.7. The normalized spacial score (nSPS) is 11.2. The Hall–Kier alpha value is -2.04. The highest BCUT2D eigenvalue weighted by Gasteiger charge is 2.05. The highest BCUT2D eigenvalue weighted by molar-refractivity contribution is 6.01. The van der Waals surface area contributed by atoms with Gasteiger partial charge in [0.25, 0.3) is 0 Å². The number of urea groups is 1. The highest BCUT2D eigenvalue weighted by atomic mass is 16.2. The molecule has 1 aromatic carbocycles. The second-order valence-corrected chi connectivity index (χ2v) is 4.58. The number of hydrogen-bond acceptors (Lipinski definition) is 3. The van der Waals surface area contributed by atoms with Gasteiger partial charge in [-0.3, -0.25) is 0 Å². The van der Waals surface area contributed by atoms with Crippen molar-refractivity contribution >= 4 is 17.4 Å². The number of nitrogens with two attached hydrogens (primary N) is 1. The molecule has 0 atom stereocenters. The summed E-state index contributed by atoms with van der Waals surface area (Å²) in [5, 5.41) is 4.08. The summed E-state index contributed by atoms with van der Waals surface area (Å²) in [5.74, 6) is 0. The Morgan fingerprint density at radius 3 is 2.42 bits per heavy atom. The zero-order valence-electron chi connectivity index (χ0n) is 11.8. The standard InChI is InChI=1S/C14H22N4O/c1-4-5-6-13(16-17-14(15)19)11-7-9-12(10-8-11)18(2)3/h7-10H,4-6H2,1-3H3,(H3,15,17,19). The van der Waals surface area contributed by atoms with Crippen LogP contribution < -0.4 is 16.1 Å². The number of benzene rings is 1. The first-order chi connectivity index (χ1) is 9.04. The second kappa shape index (κ2) is 7.41. The molecule has 1 rings (SSSR count). The molecule has 0 spiro atoms. The molecule has 0 fully saturated rings. The summed E-state index contributed by atoms with van der Waals surface area (Å²) in [5.41, 5.74) is 10.3. The van der Waals surface area contributed by atoms with E-state index in [1.54, 1.807) is 0 Å². The van der Waals surface area contributed by atoms with E-state index < -0.39 is 6.03 Å². The van der Waals surface area contributed by atoms with Gasteiger partial charge in [-0.05, 0) is 30.5 Å². The Labute approximate surface area is 114 Å². The molecule has 2 amide bonds. The molecule has 5 nitrogen and oxygen atoms in total. The molecule has 0 saturated heterocycles. The van der Waals surface area contributed by atoms with E-state index in [1.807, 2.05) is 43.3 Å². The molecule has 0 aliphatic carbocycles. The summed E-state index contributed by atoms with van der Waals surface area (Å²) < 4.78 is 0. The monoisotopic (exact) mass is 262 g/mol. The maximum absolute atomic E-state index is 10.7. The van der Waals surface area contributed by atoms with Crippen LogP contribution in [0.15, 0.2) is 29.4 Å². The number of carbonyl (C=O) groups excluding carboxylic acids is 1. The van der Waals surface area contributed by atoms with Crippen LogP contribution in [-0.4, -0.2) is 25.8 Å². The minimum Gasteiger partial charge on any atom is -0.378 e. The highest BCUT2D eigenvalue weighted by Crippen LogP contribution is 2.15. The zero-order chi connectivity index (χ0) is 14.3. The average molecular weight is 262 g/mol. The van der Waals surface area contributed by atoms with Gasteiger partial charge in [0.15, 0.2) is 0 Å². The molecule has 0 aromatic heterocycles. The van der Waals surface area contributed by atoms with E-state index in [0.717, 1.165) is 36.2 Å². The van der Waals surface area contributed by atoms with E-state index in [2.05, 4.69) is 17.5 Å². The first kappa shape index (κ1) is 15.0. The molecule has 3 N–H and O–H groups in total. The van der Waals surface area contributed by atoms with E-state index in [-0.39, 0.29) is 0 Å². The van der Waals surface area contributed by atoms with Gasteiger partial charge in [-0.1, -0.05) is 25.5 Å². The molecule has 1 aromatic rings. The Morgan fingerprint density at radius 2 is 1.95 bits per heavy atom. The van der Waals surface area contributed by atoms with Crippen molar-refractivity contribution < 1.29 is 4.79 Å². The van der Waals surface area contributed by atoms with Crippen LogP contribution in [0.25, 0.3) is 0 Å². The zero-order valence-corrected chi connectivity index (χ0v) is 11.8. The van der Waals surface area contributed by atoms with E-state index in [0.29, 0.717) is 0 Å². The van der Waals surface area contributed by atoms with Gasteiger partial charge in [0.2, 0.25) is 0 Å². The summed E-state index contributed by atoms with van der Waals surface area (Å²) >= 11 is 0. The summed E-state index contributed by atoms with van der Waals surface area (Å²) in [6, 6.07) is 7.43. The van der Waals surface area contributed by atoms with Gasteiger partial charge in [0.1, 0.15) is 0 Å². The lowest BCUT2D eigenvalue weighted by Gasteiger charge is -2.13. The number of rotatable bonds is 6. The van der Waals surface area contributed by atoms with Gasteiger partial charge in [-0.2, -0.15) is 5.10 Å². The van der Waals surface area contributed by atoms with Crippen molar-refractivity contribution in [1.82, 2.24) is 5.43 Å². The molecular formula is C14H22N4O. The lowest BCUT2D eigenvalue weighted by Crippen LogP contribution is -2.26. The third-order valence-corrected chi connectivity index (χ3v) is 2.79. The number of carbonyl (C=O) groups is 1. The molecule has 0 heterocycles. The first-order valence-electron chi connectivity index (χ1n) is 6.44. The molecule has 0 aliphatic rings. The number of primary amides is 1. The van der Waals surface area contributed by atoms with Crippen molar-refractivity contribution in [3.05, 3.63) is 29.8 Å². The predicted octanol–water partition coefficient (Wildman–Crippen LogP) is 2.32. The van der Waals surface area contributed by atoms with Crippen LogP contribution in [0.3, 0.4) is 0 Å². The third-order valence-electron chi connectivity index (χ3n) is 2.79. The third kappa shape index (κ3) is 4.99. The first-order valence-corrected chi connectivity index (χ1v) is 6.44. The second-order valence-electron chi connectivity index (χ2n) is 4.58. The van der Waals surface area contributed by atoms with E-state index in [4.69, 9.17) is 5.73 Å².